The Labute approximate surface area is 174 Å². The number of hydrogen-bond acceptors (Lipinski definition) is 5. The molecule has 0 aliphatic carbocycles. The molecule has 156 valence electrons. The first kappa shape index (κ1) is 22.5. The van der Waals surface area contributed by atoms with Crippen LogP contribution in [0.25, 0.3) is 11.1 Å². The van der Waals surface area contributed by atoms with E-state index in [1.54, 1.807) is 64.3 Å². The van der Waals surface area contributed by atoms with Crippen molar-refractivity contribution in [1.82, 2.24) is 9.88 Å². The van der Waals surface area contributed by atoms with Crippen molar-refractivity contribution in [2.24, 2.45) is 7.05 Å². The molecule has 1 N–H and O–H groups in total. The summed E-state index contributed by atoms with van der Waals surface area (Å²) in [4.78, 5) is 36.4. The zero-order chi connectivity index (χ0) is 21.8. The number of nitrogens with zero attached hydrogens (tertiary/aromatic N) is 1. The van der Waals surface area contributed by atoms with E-state index in [-0.39, 0.29) is 12.0 Å². The Bertz CT molecular complexity index is 945. The van der Waals surface area contributed by atoms with Crippen LogP contribution in [0.4, 0.5) is 4.79 Å². The molecule has 0 spiro atoms. The summed E-state index contributed by atoms with van der Waals surface area (Å²) in [7, 11) is 2.89. The van der Waals surface area contributed by atoms with E-state index < -0.39 is 23.7 Å². The molecule has 29 heavy (non-hydrogen) atoms. The summed E-state index contributed by atoms with van der Waals surface area (Å²) in [5.74, 6) is -0.580. The number of aromatic nitrogens is 1. The summed E-state index contributed by atoms with van der Waals surface area (Å²) in [5.41, 5.74) is 1.10. The lowest BCUT2D eigenvalue weighted by Crippen LogP contribution is -2.45. The highest BCUT2D eigenvalue weighted by Gasteiger charge is 2.25. The lowest BCUT2D eigenvalue weighted by Gasteiger charge is -2.22. The number of carbonyl (C=O) groups excluding carboxylic acids is 2. The van der Waals surface area contributed by atoms with E-state index in [1.165, 1.54) is 11.7 Å². The fourth-order valence-corrected chi connectivity index (χ4v) is 2.97. The van der Waals surface area contributed by atoms with Gasteiger partial charge in [0.1, 0.15) is 11.6 Å². The first-order valence-corrected chi connectivity index (χ1v) is 9.41. The van der Waals surface area contributed by atoms with Crippen molar-refractivity contribution in [2.45, 2.75) is 38.8 Å². The summed E-state index contributed by atoms with van der Waals surface area (Å²) in [6.45, 7) is 5.20. The topological polar surface area (TPSA) is 86.6 Å². The van der Waals surface area contributed by atoms with Crippen molar-refractivity contribution >= 4 is 23.7 Å². The van der Waals surface area contributed by atoms with Crippen molar-refractivity contribution in [3.63, 3.8) is 0 Å². The Kier molecular flexibility index (Phi) is 7.08. The van der Waals surface area contributed by atoms with Crippen LogP contribution in [-0.4, -0.2) is 35.4 Å². The third-order valence-corrected chi connectivity index (χ3v) is 4.24. The van der Waals surface area contributed by atoms with Crippen LogP contribution in [0.1, 0.15) is 26.3 Å². The molecule has 0 saturated carbocycles. The number of halogens is 1. The summed E-state index contributed by atoms with van der Waals surface area (Å²) >= 11 is 6.05. The monoisotopic (exact) mass is 420 g/mol. The summed E-state index contributed by atoms with van der Waals surface area (Å²) in [6.07, 6.45) is 1.05. The van der Waals surface area contributed by atoms with Crippen molar-refractivity contribution in [3.05, 3.63) is 57.5 Å². The second kappa shape index (κ2) is 9.13. The average molecular weight is 421 g/mol. The van der Waals surface area contributed by atoms with Crippen LogP contribution in [0.5, 0.6) is 0 Å². The minimum atomic E-state index is -0.903. The molecule has 0 saturated heterocycles. The van der Waals surface area contributed by atoms with E-state index in [0.29, 0.717) is 16.1 Å². The number of benzene rings is 1. The number of esters is 1. The van der Waals surface area contributed by atoms with E-state index in [2.05, 4.69) is 5.32 Å². The van der Waals surface area contributed by atoms with Gasteiger partial charge in [-0.2, -0.15) is 0 Å². The van der Waals surface area contributed by atoms with Crippen molar-refractivity contribution in [1.29, 1.82) is 0 Å². The Morgan fingerprint density at radius 1 is 1.21 bits per heavy atom. The minimum Gasteiger partial charge on any atom is -0.467 e. The number of aryl methyl sites for hydroxylation is 1. The Morgan fingerprint density at radius 3 is 2.38 bits per heavy atom. The number of ether oxygens (including phenoxy) is 2. The Balaban J connectivity index is 2.20. The van der Waals surface area contributed by atoms with Gasteiger partial charge in [0.15, 0.2) is 0 Å². The molecule has 0 aliphatic heterocycles. The predicted molar refractivity (Wildman–Crippen MR) is 111 cm³/mol. The zero-order valence-corrected chi connectivity index (χ0v) is 17.9. The maximum atomic E-state index is 12.3. The molecule has 1 aromatic heterocycles. The lowest BCUT2D eigenvalue weighted by atomic mass is 10.0. The molecule has 0 radical (unpaired) electrons. The van der Waals surface area contributed by atoms with Gasteiger partial charge in [0.25, 0.3) is 5.56 Å². The highest BCUT2D eigenvalue weighted by Crippen LogP contribution is 2.20. The minimum absolute atomic E-state index is 0.166. The van der Waals surface area contributed by atoms with Gasteiger partial charge in [-0.3, -0.25) is 4.79 Å². The predicted octanol–water partition coefficient (Wildman–Crippen LogP) is 3.31. The molecule has 1 atom stereocenters. The van der Waals surface area contributed by atoms with E-state index in [0.717, 1.165) is 5.56 Å². The zero-order valence-electron chi connectivity index (χ0n) is 17.1. The quantitative estimate of drug-likeness (QED) is 0.750. The number of alkyl carbamates (subject to hydrolysis) is 1. The largest absolute Gasteiger partial charge is 0.467 e. The fraction of sp³-hybridized carbons (Fsp3) is 0.381. The number of hydrogen-bond donors (Lipinski definition) is 1. The summed E-state index contributed by atoms with van der Waals surface area (Å²) in [5, 5.41) is 2.99. The molecule has 1 heterocycles. The molecule has 2 aromatic rings. The second-order valence-corrected chi connectivity index (χ2v) is 8.05. The molecular formula is C21H25ClN2O5. The van der Waals surface area contributed by atoms with Crippen molar-refractivity contribution in [3.8, 4) is 11.1 Å². The number of pyridine rings is 1. The lowest BCUT2D eigenvalue weighted by molar-refractivity contribution is -0.143. The van der Waals surface area contributed by atoms with Crippen LogP contribution in [0.2, 0.25) is 5.02 Å². The first-order chi connectivity index (χ1) is 13.5. The number of rotatable bonds is 5. The number of methoxy groups -OCH3 is 1. The van der Waals surface area contributed by atoms with Gasteiger partial charge in [-0.1, -0.05) is 35.9 Å². The smallest absolute Gasteiger partial charge is 0.408 e. The van der Waals surface area contributed by atoms with Gasteiger partial charge >= 0.3 is 12.1 Å². The molecule has 0 aliphatic rings. The van der Waals surface area contributed by atoms with Gasteiger partial charge in [-0.25, -0.2) is 9.59 Å². The van der Waals surface area contributed by atoms with E-state index in [9.17, 15) is 14.4 Å². The van der Waals surface area contributed by atoms with Crippen LogP contribution in [-0.2, 0) is 27.7 Å². The third-order valence-electron chi connectivity index (χ3n) is 4.03. The molecule has 1 aromatic carbocycles. The van der Waals surface area contributed by atoms with Gasteiger partial charge in [-0.15, -0.1) is 0 Å². The van der Waals surface area contributed by atoms with Gasteiger partial charge in [0, 0.05) is 25.2 Å². The maximum absolute atomic E-state index is 12.3. The Hall–Kier alpha value is -2.80. The van der Waals surface area contributed by atoms with Gasteiger partial charge in [-0.05, 0) is 38.0 Å². The highest BCUT2D eigenvalue weighted by molar-refractivity contribution is 6.30. The molecule has 2 rings (SSSR count). The molecule has 7 nitrogen and oxygen atoms in total. The third kappa shape index (κ3) is 6.35. The van der Waals surface area contributed by atoms with Gasteiger partial charge in [0.2, 0.25) is 0 Å². The second-order valence-electron chi connectivity index (χ2n) is 7.61. The van der Waals surface area contributed by atoms with E-state index in [4.69, 9.17) is 21.1 Å². The number of amides is 1. The summed E-state index contributed by atoms with van der Waals surface area (Å²) in [6, 6.07) is 7.80. The first-order valence-electron chi connectivity index (χ1n) is 9.03. The average Bonchev–Trinajstić information content (AvgIpc) is 2.62. The molecule has 0 unspecified atom stereocenters. The van der Waals surface area contributed by atoms with Crippen molar-refractivity contribution < 1.29 is 19.1 Å². The number of carbonyl (C=O) groups is 2. The molecule has 0 fully saturated rings. The summed E-state index contributed by atoms with van der Waals surface area (Å²) < 4.78 is 11.4. The van der Waals surface area contributed by atoms with E-state index >= 15 is 0 Å². The van der Waals surface area contributed by atoms with E-state index in [1.807, 2.05) is 0 Å². The van der Waals surface area contributed by atoms with Crippen LogP contribution < -0.4 is 10.9 Å². The SMILES string of the molecule is COC(=O)[C@H](Cc1ccc(-c2cc(Cl)cn(C)c2=O)cc1)NC(=O)OC(C)(C)C. The number of nitrogens with one attached hydrogen (secondary N) is 1. The fourth-order valence-electron chi connectivity index (χ4n) is 2.72. The van der Waals surface area contributed by atoms with Crippen LogP contribution in [0.15, 0.2) is 41.3 Å². The molecular weight excluding hydrogens is 396 g/mol. The maximum Gasteiger partial charge on any atom is 0.408 e. The van der Waals surface area contributed by atoms with Crippen molar-refractivity contribution in [2.75, 3.05) is 7.11 Å². The van der Waals surface area contributed by atoms with Gasteiger partial charge in [0.05, 0.1) is 12.1 Å². The van der Waals surface area contributed by atoms with Crippen LogP contribution in [0, 0.1) is 0 Å². The molecule has 1 amide bonds. The standard InChI is InChI=1S/C21H25ClN2O5/c1-21(2,3)29-20(27)23-17(19(26)28-5)10-13-6-8-14(9-7-13)16-11-15(22)12-24(4)18(16)25/h6-9,11-12,17H,10H2,1-5H3,(H,23,27)/t17-/m0/s1. The molecule has 8 heteroatoms. The highest BCUT2D eigenvalue weighted by atomic mass is 35.5. The molecule has 0 bridgehead atoms. The van der Waals surface area contributed by atoms with Gasteiger partial charge < -0.3 is 19.4 Å². The Morgan fingerprint density at radius 2 is 1.83 bits per heavy atom. The van der Waals surface area contributed by atoms with Crippen LogP contribution >= 0.6 is 11.6 Å². The van der Waals surface area contributed by atoms with Crippen LogP contribution in [0.3, 0.4) is 0 Å². The normalized spacial score (nSPS) is 12.2.